The van der Waals surface area contributed by atoms with E-state index in [-0.39, 0.29) is 11.7 Å². The number of hydrogen-bond donors (Lipinski definition) is 1. The van der Waals surface area contributed by atoms with E-state index in [0.717, 1.165) is 50.8 Å². The van der Waals surface area contributed by atoms with Gasteiger partial charge in [-0.3, -0.25) is 4.79 Å². The Hall–Kier alpha value is -1.09. The molecule has 0 amide bonds. The molecule has 0 radical (unpaired) electrons. The molecule has 0 aliphatic heterocycles. The van der Waals surface area contributed by atoms with Gasteiger partial charge in [-0.25, -0.2) is 0 Å². The minimum absolute atomic E-state index is 0.0948. The molecule has 0 aromatic rings. The van der Waals surface area contributed by atoms with E-state index in [9.17, 15) is 4.79 Å². The molecule has 3 heteroatoms. The number of carbonyl (C=O) groups excluding carboxylic acids is 1. The predicted octanol–water partition coefficient (Wildman–Crippen LogP) is 2.96. The van der Waals surface area contributed by atoms with E-state index in [4.69, 9.17) is 10.5 Å². The van der Waals surface area contributed by atoms with Crippen molar-refractivity contribution in [2.24, 2.45) is 11.7 Å². The Balaban J connectivity index is 2.54. The number of rotatable bonds is 8. The highest BCUT2D eigenvalue weighted by Crippen LogP contribution is 2.28. The highest BCUT2D eigenvalue weighted by Gasteiger charge is 2.20. The van der Waals surface area contributed by atoms with Crippen molar-refractivity contribution in [1.29, 1.82) is 0 Å². The molecule has 1 rings (SSSR count). The van der Waals surface area contributed by atoms with Gasteiger partial charge < -0.3 is 10.5 Å². The molecule has 1 aliphatic carbocycles. The van der Waals surface area contributed by atoms with Crippen molar-refractivity contribution in [1.82, 2.24) is 0 Å². The van der Waals surface area contributed by atoms with Crippen LogP contribution in [0.4, 0.5) is 0 Å². The second kappa shape index (κ2) is 8.09. The van der Waals surface area contributed by atoms with Gasteiger partial charge in [-0.2, -0.15) is 0 Å². The van der Waals surface area contributed by atoms with Crippen LogP contribution in [0.1, 0.15) is 45.4 Å². The Bertz CT molecular complexity index is 331. The third-order valence-electron chi connectivity index (χ3n) is 3.54. The van der Waals surface area contributed by atoms with Crippen LogP contribution in [-0.2, 0) is 9.53 Å². The number of methoxy groups -OCH3 is 1. The van der Waals surface area contributed by atoms with Crippen molar-refractivity contribution >= 4 is 5.78 Å². The summed E-state index contributed by atoms with van der Waals surface area (Å²) < 4.78 is 5.21. The molecule has 3 nitrogen and oxygen atoms in total. The van der Waals surface area contributed by atoms with Crippen molar-refractivity contribution in [3.05, 3.63) is 23.5 Å². The SMILES string of the molecule is COC1=CC=C(C(CCCCCN)C(C)=O)CC1. The second-order valence-corrected chi connectivity index (χ2v) is 4.88. The Morgan fingerprint density at radius 2 is 2.11 bits per heavy atom. The highest BCUT2D eigenvalue weighted by molar-refractivity contribution is 5.81. The molecule has 0 aromatic carbocycles. The summed E-state index contributed by atoms with van der Waals surface area (Å²) >= 11 is 0. The summed E-state index contributed by atoms with van der Waals surface area (Å²) in [6.45, 7) is 2.44. The zero-order valence-corrected chi connectivity index (χ0v) is 11.6. The third-order valence-corrected chi connectivity index (χ3v) is 3.54. The van der Waals surface area contributed by atoms with Crippen LogP contribution < -0.4 is 5.73 Å². The lowest BCUT2D eigenvalue weighted by atomic mass is 9.85. The van der Waals surface area contributed by atoms with Gasteiger partial charge in [0.1, 0.15) is 5.78 Å². The van der Waals surface area contributed by atoms with Crippen LogP contribution in [0.15, 0.2) is 23.5 Å². The van der Waals surface area contributed by atoms with Gasteiger partial charge in [0.05, 0.1) is 12.9 Å². The average molecular weight is 251 g/mol. The zero-order valence-electron chi connectivity index (χ0n) is 11.6. The van der Waals surface area contributed by atoms with Crippen molar-refractivity contribution in [3.63, 3.8) is 0 Å². The molecule has 0 saturated heterocycles. The number of Topliss-reactive ketones (excluding diaryl/α,β-unsaturated/α-hetero) is 1. The lowest BCUT2D eigenvalue weighted by Gasteiger charge is -2.21. The minimum atomic E-state index is 0.0948. The van der Waals surface area contributed by atoms with Gasteiger partial charge in [-0.05, 0) is 38.8 Å². The number of unbranched alkanes of at least 4 members (excludes halogenated alkanes) is 2. The van der Waals surface area contributed by atoms with Gasteiger partial charge in [0.15, 0.2) is 0 Å². The molecule has 1 aliphatic rings. The maximum absolute atomic E-state index is 11.7. The molecule has 1 atom stereocenters. The summed E-state index contributed by atoms with van der Waals surface area (Å²) in [5.41, 5.74) is 6.74. The predicted molar refractivity (Wildman–Crippen MR) is 74.1 cm³/mol. The normalized spacial score (nSPS) is 16.8. The van der Waals surface area contributed by atoms with Gasteiger partial charge in [-0.15, -0.1) is 0 Å². The Kier molecular flexibility index (Phi) is 6.73. The van der Waals surface area contributed by atoms with Crippen LogP contribution in [0.3, 0.4) is 0 Å². The Labute approximate surface area is 110 Å². The summed E-state index contributed by atoms with van der Waals surface area (Å²) in [6.07, 6.45) is 10.1. The van der Waals surface area contributed by atoms with Crippen LogP contribution >= 0.6 is 0 Å². The van der Waals surface area contributed by atoms with E-state index >= 15 is 0 Å². The fraction of sp³-hybridized carbons (Fsp3) is 0.667. The van der Waals surface area contributed by atoms with Crippen LogP contribution in [-0.4, -0.2) is 19.4 Å². The van der Waals surface area contributed by atoms with E-state index in [1.807, 2.05) is 6.08 Å². The Morgan fingerprint density at radius 3 is 2.61 bits per heavy atom. The molecule has 102 valence electrons. The minimum Gasteiger partial charge on any atom is -0.501 e. The fourth-order valence-corrected chi connectivity index (χ4v) is 2.41. The van der Waals surface area contributed by atoms with Crippen LogP contribution in [0, 0.1) is 5.92 Å². The number of nitrogens with two attached hydrogens (primary N) is 1. The van der Waals surface area contributed by atoms with Crippen molar-refractivity contribution < 1.29 is 9.53 Å². The summed E-state index contributed by atoms with van der Waals surface area (Å²) in [4.78, 5) is 11.7. The molecule has 18 heavy (non-hydrogen) atoms. The number of ketones is 1. The number of hydrogen-bond acceptors (Lipinski definition) is 3. The van der Waals surface area contributed by atoms with Gasteiger partial charge in [0.25, 0.3) is 0 Å². The highest BCUT2D eigenvalue weighted by atomic mass is 16.5. The lowest BCUT2D eigenvalue weighted by Crippen LogP contribution is -2.15. The monoisotopic (exact) mass is 251 g/mol. The van der Waals surface area contributed by atoms with Gasteiger partial charge in [0.2, 0.25) is 0 Å². The number of allylic oxidation sites excluding steroid dienone is 4. The molecule has 0 saturated carbocycles. The number of ether oxygens (including phenoxy) is 1. The van der Waals surface area contributed by atoms with E-state index in [1.165, 1.54) is 5.57 Å². The van der Waals surface area contributed by atoms with Crippen molar-refractivity contribution in [2.45, 2.75) is 45.4 Å². The zero-order chi connectivity index (χ0) is 13.4. The van der Waals surface area contributed by atoms with Crippen LogP contribution in [0.2, 0.25) is 0 Å². The molecule has 0 bridgehead atoms. The maximum atomic E-state index is 11.7. The Morgan fingerprint density at radius 1 is 1.33 bits per heavy atom. The van der Waals surface area contributed by atoms with Crippen LogP contribution in [0.25, 0.3) is 0 Å². The largest absolute Gasteiger partial charge is 0.501 e. The van der Waals surface area contributed by atoms with Gasteiger partial charge >= 0.3 is 0 Å². The maximum Gasteiger partial charge on any atom is 0.136 e. The summed E-state index contributed by atoms with van der Waals surface area (Å²) in [5, 5.41) is 0. The standard InChI is InChI=1S/C15H25NO2/c1-12(17)15(6-4-3-5-11-16)13-7-9-14(18-2)10-8-13/h7,9,15H,3-6,8,10-11,16H2,1-2H3. The van der Waals surface area contributed by atoms with E-state index < -0.39 is 0 Å². The molecular formula is C15H25NO2. The lowest BCUT2D eigenvalue weighted by molar-refractivity contribution is -0.119. The average Bonchev–Trinajstić information content (AvgIpc) is 2.39. The van der Waals surface area contributed by atoms with E-state index in [2.05, 4.69) is 6.08 Å². The van der Waals surface area contributed by atoms with Crippen LogP contribution in [0.5, 0.6) is 0 Å². The quantitative estimate of drug-likeness (QED) is 0.675. The topological polar surface area (TPSA) is 52.3 Å². The van der Waals surface area contributed by atoms with E-state index in [0.29, 0.717) is 0 Å². The summed E-state index contributed by atoms with van der Waals surface area (Å²) in [7, 11) is 1.69. The number of carbonyl (C=O) groups is 1. The molecule has 0 heterocycles. The van der Waals surface area contributed by atoms with Crippen molar-refractivity contribution in [2.75, 3.05) is 13.7 Å². The van der Waals surface area contributed by atoms with Gasteiger partial charge in [0, 0.05) is 12.3 Å². The fourth-order valence-electron chi connectivity index (χ4n) is 2.41. The van der Waals surface area contributed by atoms with E-state index in [1.54, 1.807) is 14.0 Å². The first-order chi connectivity index (χ1) is 8.69. The smallest absolute Gasteiger partial charge is 0.136 e. The molecular weight excluding hydrogens is 226 g/mol. The first kappa shape index (κ1) is 15.0. The summed E-state index contributed by atoms with van der Waals surface area (Å²) in [5.74, 6) is 1.38. The summed E-state index contributed by atoms with van der Waals surface area (Å²) in [6, 6.07) is 0. The third kappa shape index (κ3) is 4.65. The molecule has 1 unspecified atom stereocenters. The van der Waals surface area contributed by atoms with Gasteiger partial charge in [-0.1, -0.05) is 24.5 Å². The molecule has 0 spiro atoms. The molecule has 0 fully saturated rings. The van der Waals surface area contributed by atoms with Crippen molar-refractivity contribution in [3.8, 4) is 0 Å². The molecule has 0 aromatic heterocycles. The molecule has 2 N–H and O–H groups in total. The first-order valence-electron chi connectivity index (χ1n) is 6.83. The second-order valence-electron chi connectivity index (χ2n) is 4.88. The first-order valence-corrected chi connectivity index (χ1v) is 6.83.